The molecule has 4 aromatic carbocycles. The predicted octanol–water partition coefficient (Wildman–Crippen LogP) is 19.3. The molecule has 1 aliphatic heterocycles. The van der Waals surface area contributed by atoms with Gasteiger partial charge in [0.15, 0.2) is 22.6 Å². The van der Waals surface area contributed by atoms with Crippen LogP contribution in [0.5, 0.6) is 0 Å². The lowest BCUT2D eigenvalue weighted by Gasteiger charge is -2.26. The molecule has 25 nitrogen and oxygen atoms in total. The molecule has 0 atom stereocenters. The Hall–Kier alpha value is -15.3. The zero-order chi connectivity index (χ0) is 91.9. The number of anilines is 1. The van der Waals surface area contributed by atoms with Gasteiger partial charge in [0.2, 0.25) is 0 Å². The minimum atomic E-state index is -0.449. The molecular weight excluding hydrogens is 1760 g/mol. The van der Waals surface area contributed by atoms with E-state index in [1.54, 1.807) is 163 Å². The maximum atomic E-state index is 14.9. The van der Waals surface area contributed by atoms with E-state index >= 15 is 0 Å². The Morgan fingerprint density at radius 1 is 0.398 bits per heavy atom. The van der Waals surface area contributed by atoms with Gasteiger partial charge < -0.3 is 33.6 Å². The summed E-state index contributed by atoms with van der Waals surface area (Å²) in [6.45, 7) is 4.55. The summed E-state index contributed by atoms with van der Waals surface area (Å²) in [6, 6.07) is 50.7. The molecule has 0 unspecified atom stereocenters. The van der Waals surface area contributed by atoms with Crippen LogP contribution in [0.25, 0.3) is 177 Å². The molecule has 1 aliphatic rings. The smallest absolute Gasteiger partial charge is 0.260 e. The fourth-order valence-electron chi connectivity index (χ4n) is 16.2. The number of hydrogen-bond donors (Lipinski definition) is 2. The number of methoxy groups -OCH3 is 1. The van der Waals surface area contributed by atoms with Crippen molar-refractivity contribution in [1.29, 1.82) is 0 Å². The number of pyridine rings is 16. The van der Waals surface area contributed by atoms with Crippen LogP contribution in [0.1, 0.15) is 6.42 Å². The molecule has 0 bridgehead atoms. The minimum Gasteiger partial charge on any atom is -0.396 e. The van der Waals surface area contributed by atoms with Gasteiger partial charge in [0.25, 0.3) is 22.6 Å². The zero-order valence-corrected chi connectivity index (χ0v) is 73.0. The van der Waals surface area contributed by atoms with E-state index in [2.05, 4.69) is 75.0 Å². The van der Waals surface area contributed by atoms with Gasteiger partial charge in [0.1, 0.15) is 35.7 Å². The molecule has 133 heavy (non-hydrogen) atoms. The molecule has 1 amide bonds. The van der Waals surface area contributed by atoms with Crippen LogP contribution >= 0.6 is 34.8 Å². The minimum absolute atomic E-state index is 0.0346. The van der Waals surface area contributed by atoms with Crippen molar-refractivity contribution in [3.8, 4) is 89.7 Å². The maximum absolute atomic E-state index is 14.9. The largest absolute Gasteiger partial charge is 0.396 e. The Kier molecular flexibility index (Phi) is 26.0. The van der Waals surface area contributed by atoms with E-state index in [1.165, 1.54) is 66.4 Å². The number of nitrogens with one attached hydrogen (secondary N) is 1. The monoisotopic (exact) mass is 1830 g/mol. The Bertz CT molecular complexity index is 8160. The van der Waals surface area contributed by atoms with E-state index in [0.29, 0.717) is 137 Å². The van der Waals surface area contributed by atoms with Crippen molar-refractivity contribution in [3.63, 3.8) is 0 Å². The molecule has 658 valence electrons. The second-order valence-corrected chi connectivity index (χ2v) is 32.1. The van der Waals surface area contributed by atoms with Gasteiger partial charge in [-0.25, -0.2) is 62.4 Å². The fourth-order valence-corrected chi connectivity index (χ4v) is 16.7. The SMILES string of the molecule is COCC(=O)Nc1nccc2c(-c3cc(-c4ccccc4F)nc4ncccc34)nccc12.Cn1cc(-c2cc(-c3cc(Cl)ccc3F)nc3ncccc23)c2ccncc2c1=O.O=c1c2cnccc2c(-c2cc(-c3cc(Cl)ccc3F)nc3ncccc23)cn1CCCO.O=c1c2cnccc2c(-c2cc(-c3cc(Cl)ccc3F)nc3ncccc23)cn1CCN1CCOCC1. The summed E-state index contributed by atoms with van der Waals surface area (Å²) in [5, 5.41) is 21.6. The molecule has 0 spiro atoms. The molecule has 17 heterocycles. The Labute approximate surface area is 768 Å². The second kappa shape index (κ2) is 39.1. The van der Waals surface area contributed by atoms with E-state index in [4.69, 9.17) is 44.3 Å². The summed E-state index contributed by atoms with van der Waals surface area (Å²) in [4.78, 5) is 111. The van der Waals surface area contributed by atoms with Crippen molar-refractivity contribution >= 4 is 134 Å². The number of aliphatic hydroxyl groups excluding tert-OH is 1. The first-order valence-electron chi connectivity index (χ1n) is 41.8. The number of morpholine rings is 1. The second-order valence-electron chi connectivity index (χ2n) is 30.8. The number of nitrogens with zero attached hydrogens (tertiary/aromatic N) is 17. The number of aliphatic hydroxyl groups is 1. The van der Waals surface area contributed by atoms with Crippen molar-refractivity contribution in [2.24, 2.45) is 7.05 Å². The summed E-state index contributed by atoms with van der Waals surface area (Å²) in [7, 11) is 3.14. The first kappa shape index (κ1) is 88.3. The van der Waals surface area contributed by atoms with Crippen LogP contribution in [0.2, 0.25) is 15.1 Å². The topological polar surface area (TPSA) is 305 Å². The number of aryl methyl sites for hydroxylation is 2. The average Bonchev–Trinajstić information content (AvgIpc) is 0.758. The summed E-state index contributed by atoms with van der Waals surface area (Å²) in [5.41, 5.74) is 10.4. The van der Waals surface area contributed by atoms with E-state index in [0.717, 1.165) is 96.3 Å². The number of benzene rings is 4. The Balaban J connectivity index is 0.000000119. The molecule has 1 fully saturated rings. The highest BCUT2D eigenvalue weighted by Crippen LogP contribution is 2.42. The lowest BCUT2D eigenvalue weighted by Crippen LogP contribution is -2.39. The molecular formula is C101H73Cl3F4N18O7. The summed E-state index contributed by atoms with van der Waals surface area (Å²) in [6.07, 6.45) is 25.3. The van der Waals surface area contributed by atoms with Crippen LogP contribution in [0.15, 0.2) is 289 Å². The number of rotatable bonds is 17. The summed E-state index contributed by atoms with van der Waals surface area (Å²) in [5.74, 6) is -1.58. The number of hydrogen-bond acceptors (Lipinski definition) is 21. The fraction of sp³-hybridized carbons (Fsp3) is 0.119. The highest BCUT2D eigenvalue weighted by molar-refractivity contribution is 6.31. The molecule has 21 rings (SSSR count). The summed E-state index contributed by atoms with van der Waals surface area (Å²) >= 11 is 18.4. The van der Waals surface area contributed by atoms with E-state index in [9.17, 15) is 41.8 Å². The number of carbonyl (C=O) groups is 1. The van der Waals surface area contributed by atoms with Crippen LogP contribution in [-0.4, -0.2) is 148 Å². The van der Waals surface area contributed by atoms with E-state index in [-0.39, 0.29) is 58.3 Å². The Morgan fingerprint density at radius 2 is 0.805 bits per heavy atom. The highest BCUT2D eigenvalue weighted by Gasteiger charge is 2.25. The Morgan fingerprint density at radius 3 is 1.27 bits per heavy atom. The van der Waals surface area contributed by atoms with Crippen LogP contribution in [-0.2, 0) is 34.4 Å². The van der Waals surface area contributed by atoms with Gasteiger partial charge in [-0.1, -0.05) is 46.9 Å². The predicted molar refractivity (Wildman–Crippen MR) is 509 cm³/mol. The first-order valence-corrected chi connectivity index (χ1v) is 42.9. The third-order valence-corrected chi connectivity index (χ3v) is 23.2. The normalized spacial score (nSPS) is 12.1. The number of carbonyl (C=O) groups excluding carboxylic acids is 1. The number of amides is 1. The van der Waals surface area contributed by atoms with Crippen molar-refractivity contribution in [2.45, 2.75) is 19.5 Å². The molecule has 2 N–H and O–H groups in total. The van der Waals surface area contributed by atoms with Gasteiger partial charge in [0, 0.05) is 238 Å². The quantitative estimate of drug-likeness (QED) is 0.0800. The number of ether oxygens (including phenoxy) is 2. The molecule has 32 heteroatoms. The molecule has 0 aliphatic carbocycles. The zero-order valence-electron chi connectivity index (χ0n) is 70.7. The lowest BCUT2D eigenvalue weighted by molar-refractivity contribution is -0.119. The van der Waals surface area contributed by atoms with Crippen molar-refractivity contribution < 1.29 is 36.9 Å². The molecule has 20 aromatic rings. The van der Waals surface area contributed by atoms with Gasteiger partial charge in [0.05, 0.1) is 57.8 Å². The third-order valence-electron chi connectivity index (χ3n) is 22.5. The van der Waals surface area contributed by atoms with Gasteiger partial charge in [-0.05, 0) is 209 Å². The average molecular weight is 1830 g/mol. The standard InChI is InChI=1S/C28H23ClFN5O2.C25H18ClFN4O2.C25H18FN5O2.C23H14ClFN4O/c29-18-3-4-25(30)22(14-18)26-15-21(20-2-1-6-32-27(20)33-26)24-17-35(9-8-34-10-12-37-13-11-34)28(36)23-16-31-7-5-19(23)24;26-15-4-5-22(27)19(11-15)23-12-18(17-3-1-7-29-24(17)30-23)21-14-31(9-2-10-32)25(33)20-13-28-8-6-16(20)21;1-33-14-22(32)31-25-17-9-11-27-23(15(17)8-12-29-25)19-13-21(18-5-2-3-7-20(18)26)30-24-16(19)6-4-10-28-24;1-29-12-19(14-6-8-26-11-18(14)23(29)30)16-10-21(17-9-13(24)4-5-20(17)25)28-22-15(16)3-2-7-27-22/h1-7,14-17H,8-13H2;1,3-8,11-14,32H,2,9-10H2;2-13H,14H2,1H3,(H,29,31,32);2-12H,1H3. The number of halogens is 7. The highest BCUT2D eigenvalue weighted by atomic mass is 35.5. The molecule has 0 saturated carbocycles. The van der Waals surface area contributed by atoms with Gasteiger partial charge in [-0.3, -0.25) is 44.0 Å². The van der Waals surface area contributed by atoms with Crippen LogP contribution in [0, 0.1) is 23.3 Å². The van der Waals surface area contributed by atoms with Crippen LogP contribution in [0.4, 0.5) is 23.4 Å². The maximum Gasteiger partial charge on any atom is 0.260 e. The van der Waals surface area contributed by atoms with Gasteiger partial charge in [-0.2, -0.15) is 0 Å². The van der Waals surface area contributed by atoms with Crippen LogP contribution in [0.3, 0.4) is 0 Å². The molecule has 16 aromatic heterocycles. The van der Waals surface area contributed by atoms with Gasteiger partial charge >= 0.3 is 0 Å². The van der Waals surface area contributed by atoms with Crippen molar-refractivity contribution in [1.82, 2.24) is 83.4 Å². The van der Waals surface area contributed by atoms with Crippen LogP contribution < -0.4 is 22.0 Å². The van der Waals surface area contributed by atoms with E-state index in [1.807, 2.05) is 72.9 Å². The molecule has 0 radical (unpaired) electrons. The third kappa shape index (κ3) is 18.5. The molecule has 1 saturated heterocycles. The van der Waals surface area contributed by atoms with E-state index < -0.39 is 17.5 Å². The van der Waals surface area contributed by atoms with Gasteiger partial charge in [-0.15, -0.1) is 0 Å². The first-order chi connectivity index (χ1) is 64.8. The van der Waals surface area contributed by atoms with Crippen molar-refractivity contribution in [2.75, 3.05) is 58.5 Å². The van der Waals surface area contributed by atoms with Crippen molar-refractivity contribution in [3.05, 3.63) is 344 Å². The number of aromatic nitrogens is 16. The lowest BCUT2D eigenvalue weighted by atomic mass is 9.97. The summed E-state index contributed by atoms with van der Waals surface area (Å²) < 4.78 is 73.9. The number of fused-ring (bicyclic) bond motifs is 8.